The van der Waals surface area contributed by atoms with E-state index in [1.54, 1.807) is 23.9 Å². The van der Waals surface area contributed by atoms with Crippen molar-refractivity contribution in [2.45, 2.75) is 0 Å². The molecule has 0 unspecified atom stereocenters. The molecule has 1 N–H and O–H groups in total. The van der Waals surface area contributed by atoms with E-state index in [-0.39, 0.29) is 5.82 Å². The molecule has 4 rings (SSSR count). The highest BCUT2D eigenvalue weighted by molar-refractivity contribution is 9.10. The molecular formula is C22H17BrN4O2. The molecule has 0 radical (unpaired) electrons. The highest BCUT2D eigenvalue weighted by Crippen LogP contribution is 2.25. The van der Waals surface area contributed by atoms with Gasteiger partial charge in [-0.2, -0.15) is 0 Å². The number of hydrogen-bond acceptors (Lipinski definition) is 4. The van der Waals surface area contributed by atoms with Gasteiger partial charge >= 0.3 is 0 Å². The van der Waals surface area contributed by atoms with E-state index in [2.05, 4.69) is 31.3 Å². The van der Waals surface area contributed by atoms with Gasteiger partial charge in [-0.3, -0.25) is 4.79 Å². The van der Waals surface area contributed by atoms with Crippen molar-refractivity contribution >= 4 is 27.5 Å². The van der Waals surface area contributed by atoms with Crippen LogP contribution in [0.3, 0.4) is 0 Å². The largest absolute Gasteiger partial charge is 0.495 e. The van der Waals surface area contributed by atoms with E-state index in [0.717, 1.165) is 15.7 Å². The first-order valence-corrected chi connectivity index (χ1v) is 9.68. The molecule has 1 aromatic heterocycles. The molecule has 0 saturated heterocycles. The average Bonchev–Trinajstić information content (AvgIpc) is 3.21. The Morgan fingerprint density at radius 2 is 1.66 bits per heavy atom. The van der Waals surface area contributed by atoms with Crippen molar-refractivity contribution in [2.75, 3.05) is 12.4 Å². The van der Waals surface area contributed by atoms with Gasteiger partial charge in [-0.1, -0.05) is 58.4 Å². The van der Waals surface area contributed by atoms with Gasteiger partial charge < -0.3 is 10.1 Å². The molecule has 0 aliphatic rings. The molecule has 0 atom stereocenters. The summed E-state index contributed by atoms with van der Waals surface area (Å²) in [5, 5.41) is 7.30. The molecule has 144 valence electrons. The van der Waals surface area contributed by atoms with Gasteiger partial charge in [0, 0.05) is 10.0 Å². The maximum atomic E-state index is 12.9. The van der Waals surface area contributed by atoms with E-state index in [1.807, 2.05) is 66.7 Å². The third-order valence-electron chi connectivity index (χ3n) is 4.27. The molecule has 0 spiro atoms. The first kappa shape index (κ1) is 18.9. The number of aromatic nitrogens is 3. The third-order valence-corrected chi connectivity index (χ3v) is 4.80. The summed E-state index contributed by atoms with van der Waals surface area (Å²) in [5.74, 6) is 0.801. The van der Waals surface area contributed by atoms with E-state index in [1.165, 1.54) is 0 Å². The number of nitrogens with zero attached hydrogens (tertiary/aromatic N) is 3. The molecule has 0 aliphatic carbocycles. The predicted octanol–water partition coefficient (Wildman–Crippen LogP) is 4.96. The number of hydrogen-bond donors (Lipinski definition) is 1. The van der Waals surface area contributed by atoms with Gasteiger partial charge in [0.25, 0.3) is 5.91 Å². The molecule has 4 aromatic rings. The van der Waals surface area contributed by atoms with Crippen molar-refractivity contribution in [3.8, 4) is 22.8 Å². The van der Waals surface area contributed by atoms with Crippen LogP contribution in [0.2, 0.25) is 0 Å². The molecule has 0 bridgehead atoms. The normalized spacial score (nSPS) is 10.6. The van der Waals surface area contributed by atoms with Crippen molar-refractivity contribution in [3.05, 3.63) is 89.2 Å². The second-order valence-corrected chi connectivity index (χ2v) is 7.08. The van der Waals surface area contributed by atoms with Gasteiger partial charge in [0.1, 0.15) is 5.75 Å². The van der Waals surface area contributed by atoms with Gasteiger partial charge in [-0.05, 0) is 36.4 Å². The molecule has 0 aliphatic heterocycles. The summed E-state index contributed by atoms with van der Waals surface area (Å²) in [6, 6.07) is 24.5. The van der Waals surface area contributed by atoms with Crippen LogP contribution in [-0.2, 0) is 0 Å². The van der Waals surface area contributed by atoms with Crippen LogP contribution in [0, 0.1) is 0 Å². The Hall–Kier alpha value is -3.45. The number of benzene rings is 3. The maximum absolute atomic E-state index is 12.9. The van der Waals surface area contributed by atoms with E-state index in [0.29, 0.717) is 17.3 Å². The lowest BCUT2D eigenvalue weighted by Gasteiger charge is -2.08. The quantitative estimate of drug-likeness (QED) is 0.468. The second kappa shape index (κ2) is 8.28. The molecule has 0 fully saturated rings. The first-order chi connectivity index (χ1) is 14.2. The number of para-hydroxylation sites is 2. The van der Waals surface area contributed by atoms with E-state index in [9.17, 15) is 4.79 Å². The minimum atomic E-state index is -0.414. The summed E-state index contributed by atoms with van der Waals surface area (Å²) in [6.07, 6.45) is 0. The summed E-state index contributed by atoms with van der Waals surface area (Å²) in [6.45, 7) is 0. The third kappa shape index (κ3) is 4.05. The lowest BCUT2D eigenvalue weighted by Crippen LogP contribution is -2.14. The van der Waals surface area contributed by atoms with Crippen LogP contribution in [0.4, 0.5) is 5.69 Å². The molecular weight excluding hydrogens is 432 g/mol. The molecule has 1 amide bonds. The Labute approximate surface area is 176 Å². The van der Waals surface area contributed by atoms with Crippen LogP contribution in [0.1, 0.15) is 10.6 Å². The molecule has 1 heterocycles. The molecule has 0 saturated carbocycles. The lowest BCUT2D eigenvalue weighted by atomic mass is 10.2. The average molecular weight is 449 g/mol. The van der Waals surface area contributed by atoms with Crippen LogP contribution in [0.5, 0.6) is 5.75 Å². The van der Waals surface area contributed by atoms with E-state index < -0.39 is 5.91 Å². The molecule has 7 heteroatoms. The number of nitrogens with one attached hydrogen (secondary N) is 1. The number of methoxy groups -OCH3 is 1. The number of halogens is 1. The fourth-order valence-corrected chi connectivity index (χ4v) is 3.14. The Bertz CT molecular complexity index is 1140. The van der Waals surface area contributed by atoms with E-state index in [4.69, 9.17) is 4.74 Å². The van der Waals surface area contributed by atoms with Gasteiger partial charge in [-0.25, -0.2) is 9.67 Å². The lowest BCUT2D eigenvalue weighted by molar-refractivity contribution is 0.101. The van der Waals surface area contributed by atoms with E-state index >= 15 is 0 Å². The zero-order valence-electron chi connectivity index (χ0n) is 15.5. The fraction of sp³-hybridized carbons (Fsp3) is 0.0455. The number of carbonyl (C=O) groups excluding carboxylic acids is 1. The van der Waals surface area contributed by atoms with Crippen molar-refractivity contribution in [1.82, 2.24) is 14.8 Å². The summed E-state index contributed by atoms with van der Waals surface area (Å²) < 4.78 is 7.92. The molecule has 6 nitrogen and oxygen atoms in total. The Morgan fingerprint density at radius 1 is 0.966 bits per heavy atom. The molecule has 3 aromatic carbocycles. The topological polar surface area (TPSA) is 69.0 Å². The maximum Gasteiger partial charge on any atom is 0.295 e. The number of carbonyl (C=O) groups is 1. The number of ether oxygens (including phenoxy) is 1. The van der Waals surface area contributed by atoms with Crippen molar-refractivity contribution in [2.24, 2.45) is 0 Å². The van der Waals surface area contributed by atoms with Crippen molar-refractivity contribution in [1.29, 1.82) is 0 Å². The number of amides is 1. The monoisotopic (exact) mass is 448 g/mol. The minimum absolute atomic E-state index is 0.0673. The van der Waals surface area contributed by atoms with Crippen LogP contribution < -0.4 is 10.1 Å². The highest BCUT2D eigenvalue weighted by Gasteiger charge is 2.19. The predicted molar refractivity (Wildman–Crippen MR) is 115 cm³/mol. The SMILES string of the molecule is COc1ccccc1NC(=O)c1nc(-c2ccccc2)n(-c2ccc(Br)cc2)n1. The highest BCUT2D eigenvalue weighted by atomic mass is 79.9. The summed E-state index contributed by atoms with van der Waals surface area (Å²) in [5.41, 5.74) is 2.22. The number of rotatable bonds is 5. The van der Waals surface area contributed by atoms with Crippen LogP contribution >= 0.6 is 15.9 Å². The second-order valence-electron chi connectivity index (χ2n) is 6.17. The first-order valence-electron chi connectivity index (χ1n) is 8.88. The Morgan fingerprint density at radius 3 is 2.38 bits per heavy atom. The van der Waals surface area contributed by atoms with Gasteiger partial charge in [0.15, 0.2) is 5.82 Å². The van der Waals surface area contributed by atoms with Crippen molar-refractivity contribution in [3.63, 3.8) is 0 Å². The number of anilines is 1. The summed E-state index contributed by atoms with van der Waals surface area (Å²) >= 11 is 3.44. The minimum Gasteiger partial charge on any atom is -0.495 e. The Balaban J connectivity index is 1.74. The van der Waals surface area contributed by atoms with Crippen LogP contribution in [-0.4, -0.2) is 27.8 Å². The molecule has 29 heavy (non-hydrogen) atoms. The fourth-order valence-electron chi connectivity index (χ4n) is 2.87. The van der Waals surface area contributed by atoms with Gasteiger partial charge in [0.2, 0.25) is 5.82 Å². The Kier molecular flexibility index (Phi) is 5.39. The standard InChI is InChI=1S/C22H17BrN4O2/c1-29-19-10-6-5-9-18(19)24-22(28)20-25-21(15-7-3-2-4-8-15)27(26-20)17-13-11-16(23)12-14-17/h2-14H,1H3,(H,24,28). The zero-order chi connectivity index (χ0) is 20.2. The summed E-state index contributed by atoms with van der Waals surface area (Å²) in [7, 11) is 1.55. The van der Waals surface area contributed by atoms with Gasteiger partial charge in [-0.15, -0.1) is 5.10 Å². The zero-order valence-corrected chi connectivity index (χ0v) is 17.1. The van der Waals surface area contributed by atoms with Gasteiger partial charge in [0.05, 0.1) is 18.5 Å². The smallest absolute Gasteiger partial charge is 0.295 e. The summed E-state index contributed by atoms with van der Waals surface area (Å²) in [4.78, 5) is 17.4. The van der Waals surface area contributed by atoms with Crippen LogP contribution in [0.25, 0.3) is 17.1 Å². The van der Waals surface area contributed by atoms with Crippen molar-refractivity contribution < 1.29 is 9.53 Å². The van der Waals surface area contributed by atoms with Crippen LogP contribution in [0.15, 0.2) is 83.3 Å².